The molecule has 2 rings (SSSR count). The van der Waals surface area contributed by atoms with Crippen LogP contribution in [-0.2, 0) is 0 Å². The minimum absolute atomic E-state index is 0.109. The molecule has 0 aliphatic rings. The fourth-order valence-corrected chi connectivity index (χ4v) is 2.68. The molecule has 25 heavy (non-hydrogen) atoms. The summed E-state index contributed by atoms with van der Waals surface area (Å²) in [5, 5.41) is 14.7. The molecule has 2 amide bonds. The molecule has 8 heteroatoms. The van der Waals surface area contributed by atoms with Gasteiger partial charge in [0.2, 0.25) is 0 Å². The van der Waals surface area contributed by atoms with Gasteiger partial charge >= 0.3 is 12.0 Å². The highest BCUT2D eigenvalue weighted by Gasteiger charge is 2.06. The minimum atomic E-state index is -1.05. The number of rotatable bonds is 7. The van der Waals surface area contributed by atoms with Crippen LogP contribution in [0.4, 0.5) is 10.5 Å². The van der Waals surface area contributed by atoms with Crippen molar-refractivity contribution in [1.29, 1.82) is 0 Å². The first-order chi connectivity index (χ1) is 12.0. The first-order valence-corrected chi connectivity index (χ1v) is 8.59. The Morgan fingerprint density at radius 2 is 2.00 bits per heavy atom. The number of nitrogens with one attached hydrogen (secondary N) is 2. The molecule has 0 heterocycles. The summed E-state index contributed by atoms with van der Waals surface area (Å²) in [5.74, 6) is -0.465. The Kier molecular flexibility index (Phi) is 7.09. The van der Waals surface area contributed by atoms with Crippen LogP contribution in [0.25, 0.3) is 0 Å². The summed E-state index contributed by atoms with van der Waals surface area (Å²) in [5.41, 5.74) is 0.521. The third kappa shape index (κ3) is 6.28. The second kappa shape index (κ2) is 9.29. The molecule has 0 aliphatic heterocycles. The second-order valence-corrected chi connectivity index (χ2v) is 6.37. The topological polar surface area (TPSA) is 87.7 Å². The van der Waals surface area contributed by atoms with Gasteiger partial charge in [-0.1, -0.05) is 33.6 Å². The number of carbonyl (C=O) groups is 2. The van der Waals surface area contributed by atoms with Gasteiger partial charge in [0, 0.05) is 16.7 Å². The number of halogens is 2. The summed E-state index contributed by atoms with van der Waals surface area (Å²) < 4.78 is 6.41. The molecule has 132 valence electrons. The van der Waals surface area contributed by atoms with E-state index in [9.17, 15) is 9.59 Å². The van der Waals surface area contributed by atoms with E-state index in [1.165, 1.54) is 12.1 Å². The fraction of sp³-hybridized carbons (Fsp3) is 0.176. The molecule has 0 saturated heterocycles. The van der Waals surface area contributed by atoms with Gasteiger partial charge in [-0.05, 0) is 42.8 Å². The smallest absolute Gasteiger partial charge is 0.335 e. The van der Waals surface area contributed by atoms with Gasteiger partial charge < -0.3 is 20.5 Å². The maximum Gasteiger partial charge on any atom is 0.335 e. The molecule has 6 nitrogen and oxygen atoms in total. The van der Waals surface area contributed by atoms with Crippen LogP contribution in [0.15, 0.2) is 46.9 Å². The van der Waals surface area contributed by atoms with Crippen LogP contribution in [0.3, 0.4) is 0 Å². The molecule has 0 fully saturated rings. The number of carboxylic acid groups (broad SMARTS) is 1. The van der Waals surface area contributed by atoms with Crippen molar-refractivity contribution in [2.24, 2.45) is 0 Å². The zero-order valence-electron chi connectivity index (χ0n) is 13.1. The van der Waals surface area contributed by atoms with Gasteiger partial charge in [-0.2, -0.15) is 0 Å². The largest absolute Gasteiger partial charge is 0.492 e. The van der Waals surface area contributed by atoms with Crippen LogP contribution in [-0.4, -0.2) is 30.3 Å². The van der Waals surface area contributed by atoms with Gasteiger partial charge in [0.15, 0.2) is 0 Å². The molecular weight excluding hydrogens is 412 g/mol. The molecule has 0 unspecified atom stereocenters. The van der Waals surface area contributed by atoms with Gasteiger partial charge in [0.1, 0.15) is 5.75 Å². The van der Waals surface area contributed by atoms with Crippen molar-refractivity contribution in [3.8, 4) is 5.75 Å². The number of benzene rings is 2. The van der Waals surface area contributed by atoms with Crippen LogP contribution in [0.2, 0.25) is 5.02 Å². The van der Waals surface area contributed by atoms with E-state index >= 15 is 0 Å². The van der Waals surface area contributed by atoms with Gasteiger partial charge in [-0.3, -0.25) is 0 Å². The van der Waals surface area contributed by atoms with Crippen molar-refractivity contribution in [3.63, 3.8) is 0 Å². The van der Waals surface area contributed by atoms with E-state index in [0.717, 1.165) is 4.47 Å². The maximum atomic E-state index is 11.8. The highest BCUT2D eigenvalue weighted by molar-refractivity contribution is 9.10. The van der Waals surface area contributed by atoms with Crippen LogP contribution < -0.4 is 15.4 Å². The zero-order chi connectivity index (χ0) is 18.2. The Morgan fingerprint density at radius 1 is 1.20 bits per heavy atom. The van der Waals surface area contributed by atoms with Gasteiger partial charge in [-0.15, -0.1) is 0 Å². The Balaban J connectivity index is 1.70. The van der Waals surface area contributed by atoms with Gasteiger partial charge in [-0.25, -0.2) is 9.59 Å². The highest BCUT2D eigenvalue weighted by Crippen LogP contribution is 2.27. The lowest BCUT2D eigenvalue weighted by atomic mass is 10.2. The quantitative estimate of drug-likeness (QED) is 0.572. The zero-order valence-corrected chi connectivity index (χ0v) is 15.4. The van der Waals surface area contributed by atoms with E-state index in [1.807, 2.05) is 6.07 Å². The lowest BCUT2D eigenvalue weighted by molar-refractivity contribution is 0.0697. The number of amides is 2. The van der Waals surface area contributed by atoms with Crippen LogP contribution in [0.5, 0.6) is 5.75 Å². The van der Waals surface area contributed by atoms with Crippen LogP contribution >= 0.6 is 27.5 Å². The van der Waals surface area contributed by atoms with Crippen molar-refractivity contribution < 1.29 is 19.4 Å². The standard InChI is InChI=1S/C17H16BrClN2O4/c18-12-5-6-15(14(19)10-12)25-8-2-7-20-17(24)21-13-4-1-3-11(9-13)16(22)23/h1,3-6,9-10H,2,7-8H2,(H,22,23)(H2,20,21,24). The van der Waals surface area contributed by atoms with E-state index in [1.54, 1.807) is 24.3 Å². The number of carbonyl (C=O) groups excluding carboxylic acids is 1. The monoisotopic (exact) mass is 426 g/mol. The molecular formula is C17H16BrClN2O4. The van der Waals surface area contributed by atoms with Crippen molar-refractivity contribution in [2.75, 3.05) is 18.5 Å². The predicted octanol–water partition coefficient (Wildman–Crippen LogP) is 4.39. The van der Waals surface area contributed by atoms with E-state index in [0.29, 0.717) is 36.0 Å². The number of anilines is 1. The van der Waals surface area contributed by atoms with Crippen molar-refractivity contribution in [2.45, 2.75) is 6.42 Å². The second-order valence-electron chi connectivity index (χ2n) is 5.04. The normalized spacial score (nSPS) is 10.2. The highest BCUT2D eigenvalue weighted by atomic mass is 79.9. The Labute approximate surface area is 158 Å². The molecule has 0 atom stereocenters. The summed E-state index contributed by atoms with van der Waals surface area (Å²) in [4.78, 5) is 22.7. The summed E-state index contributed by atoms with van der Waals surface area (Å²) in [6.07, 6.45) is 0.592. The molecule has 0 saturated carbocycles. The lowest BCUT2D eigenvalue weighted by Crippen LogP contribution is -2.30. The van der Waals surface area contributed by atoms with Crippen molar-refractivity contribution in [1.82, 2.24) is 5.32 Å². The first-order valence-electron chi connectivity index (χ1n) is 7.42. The minimum Gasteiger partial charge on any atom is -0.492 e. The lowest BCUT2D eigenvalue weighted by Gasteiger charge is -2.10. The molecule has 2 aromatic carbocycles. The number of aromatic carboxylic acids is 1. The Hall–Kier alpha value is -2.25. The van der Waals surface area contributed by atoms with Crippen molar-refractivity contribution in [3.05, 3.63) is 57.5 Å². The SMILES string of the molecule is O=C(NCCCOc1ccc(Br)cc1Cl)Nc1cccc(C(=O)O)c1. The van der Waals surface area contributed by atoms with E-state index < -0.39 is 12.0 Å². The summed E-state index contributed by atoms with van der Waals surface area (Å²) in [6, 6.07) is 11.0. The Morgan fingerprint density at radius 3 is 2.72 bits per heavy atom. The molecule has 0 aromatic heterocycles. The first kappa shape index (κ1) is 19.1. The average molecular weight is 428 g/mol. The number of urea groups is 1. The maximum absolute atomic E-state index is 11.8. The van der Waals surface area contributed by atoms with Crippen molar-refractivity contribution >= 4 is 45.2 Å². The van der Waals surface area contributed by atoms with Crippen LogP contribution in [0, 0.1) is 0 Å². The van der Waals surface area contributed by atoms with E-state index in [4.69, 9.17) is 21.4 Å². The number of hydrogen-bond donors (Lipinski definition) is 3. The third-order valence-electron chi connectivity index (χ3n) is 3.13. The molecule has 0 bridgehead atoms. The third-order valence-corrected chi connectivity index (χ3v) is 3.91. The molecule has 0 spiro atoms. The summed E-state index contributed by atoms with van der Waals surface area (Å²) >= 11 is 9.36. The number of hydrogen-bond acceptors (Lipinski definition) is 3. The molecule has 3 N–H and O–H groups in total. The molecule has 0 aliphatic carbocycles. The average Bonchev–Trinajstić information content (AvgIpc) is 2.56. The number of carboxylic acids is 1. The molecule has 0 radical (unpaired) electrons. The predicted molar refractivity (Wildman–Crippen MR) is 99.7 cm³/mol. The van der Waals surface area contributed by atoms with E-state index in [-0.39, 0.29) is 5.56 Å². The van der Waals surface area contributed by atoms with Crippen LogP contribution in [0.1, 0.15) is 16.8 Å². The number of ether oxygens (including phenoxy) is 1. The summed E-state index contributed by atoms with van der Waals surface area (Å²) in [6.45, 7) is 0.800. The summed E-state index contributed by atoms with van der Waals surface area (Å²) in [7, 11) is 0. The van der Waals surface area contributed by atoms with E-state index in [2.05, 4.69) is 26.6 Å². The molecule has 2 aromatic rings. The van der Waals surface area contributed by atoms with Gasteiger partial charge in [0.25, 0.3) is 0 Å². The fourth-order valence-electron chi connectivity index (χ4n) is 1.95. The van der Waals surface area contributed by atoms with Gasteiger partial charge in [0.05, 0.1) is 17.2 Å². The Bertz CT molecular complexity index is 770.